The molecule has 0 aromatic carbocycles. The van der Waals surface area contributed by atoms with Crippen LogP contribution < -0.4 is 5.32 Å². The monoisotopic (exact) mass is 283 g/mol. The predicted molar refractivity (Wildman–Crippen MR) is 72.5 cm³/mol. The van der Waals surface area contributed by atoms with Crippen molar-refractivity contribution in [3.05, 3.63) is 21.9 Å². The Kier molecular flexibility index (Phi) is 4.83. The Balaban J connectivity index is 2.51. The molecule has 1 amide bonds. The van der Waals surface area contributed by atoms with Gasteiger partial charge in [-0.05, 0) is 39.8 Å². The highest BCUT2D eigenvalue weighted by molar-refractivity contribution is 7.15. The van der Waals surface area contributed by atoms with Gasteiger partial charge < -0.3 is 10.1 Å². The van der Waals surface area contributed by atoms with E-state index < -0.39 is 5.97 Å². The molecular formula is C13H17NO4S. The van der Waals surface area contributed by atoms with E-state index in [0.717, 1.165) is 11.3 Å². The Morgan fingerprint density at radius 3 is 2.26 bits per heavy atom. The minimum atomic E-state index is -0.596. The van der Waals surface area contributed by atoms with Gasteiger partial charge in [0.1, 0.15) is 4.88 Å². The first-order valence-electron chi connectivity index (χ1n) is 5.78. The zero-order valence-electron chi connectivity index (χ0n) is 11.4. The molecule has 0 aliphatic rings. The molecule has 1 rings (SSSR count). The summed E-state index contributed by atoms with van der Waals surface area (Å²) >= 11 is 1.06. The van der Waals surface area contributed by atoms with Crippen LogP contribution in [-0.4, -0.2) is 29.8 Å². The van der Waals surface area contributed by atoms with Gasteiger partial charge in [-0.3, -0.25) is 9.59 Å². The molecule has 5 nitrogen and oxygen atoms in total. The smallest absolute Gasteiger partial charge is 0.348 e. The summed E-state index contributed by atoms with van der Waals surface area (Å²) in [5.74, 6) is -1.06. The van der Waals surface area contributed by atoms with Crippen LogP contribution in [0.3, 0.4) is 0 Å². The lowest BCUT2D eigenvalue weighted by Crippen LogP contribution is -2.42. The van der Waals surface area contributed by atoms with Crippen molar-refractivity contribution in [3.8, 4) is 0 Å². The van der Waals surface area contributed by atoms with Crippen LogP contribution in [0.25, 0.3) is 0 Å². The fourth-order valence-electron chi connectivity index (χ4n) is 1.29. The van der Waals surface area contributed by atoms with Crippen molar-refractivity contribution in [2.75, 3.05) is 6.61 Å². The standard InChI is InChI=1S/C13H17NO4S/c1-8(15)9-5-6-10(19-9)12(17)18-7-11(16)14-13(2,3)4/h5-6H,7H2,1-4H3,(H,14,16). The number of ketones is 1. The molecule has 1 N–H and O–H groups in total. The van der Waals surface area contributed by atoms with Crippen molar-refractivity contribution in [2.45, 2.75) is 33.2 Å². The van der Waals surface area contributed by atoms with E-state index in [1.165, 1.54) is 13.0 Å². The summed E-state index contributed by atoms with van der Waals surface area (Å²) in [6.45, 7) is 6.61. The normalized spacial score (nSPS) is 10.9. The maximum atomic E-state index is 11.6. The molecule has 1 aromatic heterocycles. The number of rotatable bonds is 4. The van der Waals surface area contributed by atoms with E-state index in [4.69, 9.17) is 4.74 Å². The van der Waals surface area contributed by atoms with Crippen molar-refractivity contribution < 1.29 is 19.1 Å². The maximum Gasteiger partial charge on any atom is 0.348 e. The van der Waals surface area contributed by atoms with Gasteiger partial charge in [-0.15, -0.1) is 11.3 Å². The van der Waals surface area contributed by atoms with E-state index in [0.29, 0.717) is 9.75 Å². The van der Waals surface area contributed by atoms with Gasteiger partial charge in [-0.25, -0.2) is 4.79 Å². The van der Waals surface area contributed by atoms with E-state index in [1.807, 2.05) is 20.8 Å². The average Bonchev–Trinajstić information content (AvgIpc) is 2.72. The Labute approximate surface area is 116 Å². The van der Waals surface area contributed by atoms with Gasteiger partial charge in [0.25, 0.3) is 5.91 Å². The molecule has 1 heterocycles. The number of esters is 1. The van der Waals surface area contributed by atoms with E-state index in [2.05, 4.69) is 5.32 Å². The quantitative estimate of drug-likeness (QED) is 0.678. The van der Waals surface area contributed by atoms with Crippen molar-refractivity contribution >= 4 is 29.0 Å². The summed E-state index contributed by atoms with van der Waals surface area (Å²) in [4.78, 5) is 35.0. The molecule has 6 heteroatoms. The highest BCUT2D eigenvalue weighted by atomic mass is 32.1. The summed E-state index contributed by atoms with van der Waals surface area (Å²) in [5.41, 5.74) is -0.367. The molecule has 104 valence electrons. The first-order valence-corrected chi connectivity index (χ1v) is 6.59. The fourth-order valence-corrected chi connectivity index (χ4v) is 2.09. The SMILES string of the molecule is CC(=O)c1ccc(C(=O)OCC(=O)NC(C)(C)C)s1. The zero-order chi connectivity index (χ0) is 14.6. The molecule has 0 radical (unpaired) electrons. The third-order valence-corrected chi connectivity index (χ3v) is 3.17. The van der Waals surface area contributed by atoms with Gasteiger partial charge in [0.15, 0.2) is 12.4 Å². The Hall–Kier alpha value is -1.69. The van der Waals surface area contributed by atoms with Crippen LogP contribution in [0.2, 0.25) is 0 Å². The molecule has 0 atom stereocenters. The highest BCUT2D eigenvalue weighted by Crippen LogP contribution is 2.17. The maximum absolute atomic E-state index is 11.6. The number of Topliss-reactive ketones (excluding diaryl/α,β-unsaturated/α-hetero) is 1. The largest absolute Gasteiger partial charge is 0.451 e. The topological polar surface area (TPSA) is 72.5 Å². The lowest BCUT2D eigenvalue weighted by atomic mass is 10.1. The van der Waals surface area contributed by atoms with Crippen LogP contribution >= 0.6 is 11.3 Å². The number of thiophene rings is 1. The Morgan fingerprint density at radius 2 is 1.79 bits per heavy atom. The van der Waals surface area contributed by atoms with Crippen molar-refractivity contribution in [1.82, 2.24) is 5.32 Å². The average molecular weight is 283 g/mol. The molecular weight excluding hydrogens is 266 g/mol. The molecule has 19 heavy (non-hydrogen) atoms. The summed E-state index contributed by atoms with van der Waals surface area (Å²) in [6.07, 6.45) is 0. The molecule has 1 aromatic rings. The van der Waals surface area contributed by atoms with Crippen molar-refractivity contribution in [1.29, 1.82) is 0 Å². The molecule has 0 unspecified atom stereocenters. The lowest BCUT2D eigenvalue weighted by molar-refractivity contribution is -0.125. The second-order valence-corrected chi connectivity index (χ2v) is 6.18. The van der Waals surface area contributed by atoms with Gasteiger partial charge in [-0.2, -0.15) is 0 Å². The van der Waals surface area contributed by atoms with Gasteiger partial charge in [-0.1, -0.05) is 0 Å². The molecule has 0 bridgehead atoms. The van der Waals surface area contributed by atoms with Crippen molar-refractivity contribution in [3.63, 3.8) is 0 Å². The number of nitrogens with one attached hydrogen (secondary N) is 1. The van der Waals surface area contributed by atoms with Gasteiger partial charge in [0.2, 0.25) is 0 Å². The van der Waals surface area contributed by atoms with E-state index in [1.54, 1.807) is 6.07 Å². The van der Waals surface area contributed by atoms with Gasteiger partial charge in [0, 0.05) is 5.54 Å². The van der Waals surface area contributed by atoms with Crippen LogP contribution in [0.5, 0.6) is 0 Å². The van der Waals surface area contributed by atoms with Crippen LogP contribution in [0.4, 0.5) is 0 Å². The third kappa shape index (κ3) is 5.21. The number of hydrogen-bond acceptors (Lipinski definition) is 5. The molecule has 0 saturated heterocycles. The van der Waals surface area contributed by atoms with Crippen LogP contribution in [0, 0.1) is 0 Å². The van der Waals surface area contributed by atoms with Crippen molar-refractivity contribution in [2.24, 2.45) is 0 Å². The second-order valence-electron chi connectivity index (χ2n) is 5.09. The van der Waals surface area contributed by atoms with E-state index >= 15 is 0 Å². The summed E-state index contributed by atoms with van der Waals surface area (Å²) in [5, 5.41) is 2.68. The van der Waals surface area contributed by atoms with Crippen LogP contribution in [0.1, 0.15) is 47.0 Å². The Morgan fingerprint density at radius 1 is 1.21 bits per heavy atom. The minimum Gasteiger partial charge on any atom is -0.451 e. The van der Waals surface area contributed by atoms with E-state index in [-0.39, 0.29) is 23.8 Å². The number of carbonyl (C=O) groups excluding carboxylic acids is 3. The number of ether oxygens (including phenoxy) is 1. The lowest BCUT2D eigenvalue weighted by Gasteiger charge is -2.20. The highest BCUT2D eigenvalue weighted by Gasteiger charge is 2.17. The van der Waals surface area contributed by atoms with Gasteiger partial charge >= 0.3 is 5.97 Å². The number of hydrogen-bond donors (Lipinski definition) is 1. The molecule has 0 fully saturated rings. The fraction of sp³-hybridized carbons (Fsp3) is 0.462. The minimum absolute atomic E-state index is 0.102. The molecule has 0 aliphatic carbocycles. The molecule has 0 saturated carbocycles. The second kappa shape index (κ2) is 5.97. The first-order chi connectivity index (χ1) is 8.69. The molecule has 0 spiro atoms. The first kappa shape index (κ1) is 15.4. The van der Waals surface area contributed by atoms with Crippen LogP contribution in [0.15, 0.2) is 12.1 Å². The zero-order valence-corrected chi connectivity index (χ0v) is 12.2. The predicted octanol–water partition coefficient (Wildman–Crippen LogP) is 2.02. The number of amides is 1. The number of carbonyl (C=O) groups is 3. The summed E-state index contributed by atoms with van der Waals surface area (Å²) in [6, 6.07) is 3.09. The summed E-state index contributed by atoms with van der Waals surface area (Å²) < 4.78 is 4.88. The third-order valence-electron chi connectivity index (χ3n) is 2.00. The molecule has 0 aliphatic heterocycles. The Bertz CT molecular complexity index is 499. The van der Waals surface area contributed by atoms with Gasteiger partial charge in [0.05, 0.1) is 4.88 Å². The van der Waals surface area contributed by atoms with Crippen LogP contribution in [-0.2, 0) is 9.53 Å². The van der Waals surface area contributed by atoms with E-state index in [9.17, 15) is 14.4 Å². The summed E-state index contributed by atoms with van der Waals surface area (Å²) in [7, 11) is 0.